The topological polar surface area (TPSA) is 105 Å². The molecule has 0 bridgehead atoms. The highest BCUT2D eigenvalue weighted by Gasteiger charge is 2.28. The normalized spacial score (nSPS) is 14.1. The van der Waals surface area contributed by atoms with Gasteiger partial charge in [0, 0.05) is 6.42 Å². The van der Waals surface area contributed by atoms with E-state index in [4.69, 9.17) is 9.05 Å². The number of likely N-dealkylation sites (N-methyl/N-ethyl adjacent to an activating group) is 1. The highest BCUT2D eigenvalue weighted by Crippen LogP contribution is 2.43. The van der Waals surface area contributed by atoms with Gasteiger partial charge in [-0.05, 0) is 38.5 Å². The van der Waals surface area contributed by atoms with Crippen molar-refractivity contribution in [2.24, 2.45) is 0 Å². The van der Waals surface area contributed by atoms with Gasteiger partial charge in [-0.15, -0.1) is 0 Å². The number of phosphoric acid groups is 1. The lowest BCUT2D eigenvalue weighted by molar-refractivity contribution is -0.870. The van der Waals surface area contributed by atoms with Crippen molar-refractivity contribution in [2.45, 2.75) is 276 Å². The molecule has 0 saturated carbocycles. The molecule has 0 fully saturated rings. The third kappa shape index (κ3) is 47.0. The van der Waals surface area contributed by atoms with Crippen molar-refractivity contribution >= 4 is 13.7 Å². The van der Waals surface area contributed by atoms with Gasteiger partial charge >= 0.3 is 7.82 Å². The minimum atomic E-state index is -4.32. The van der Waals surface area contributed by atoms with E-state index in [0.29, 0.717) is 23.9 Å². The van der Waals surface area contributed by atoms with Crippen molar-refractivity contribution in [3.8, 4) is 0 Å². The number of phosphoric ester groups is 1. The molecule has 61 heavy (non-hydrogen) atoms. The van der Waals surface area contributed by atoms with E-state index in [1.807, 2.05) is 21.1 Å². The summed E-state index contributed by atoms with van der Waals surface area (Å²) in [4.78, 5) is 23.3. The third-order valence-corrected chi connectivity index (χ3v) is 13.2. The number of aliphatic hydroxyl groups excluding tert-OH is 1. The summed E-state index contributed by atoms with van der Waals surface area (Å²) >= 11 is 0. The average Bonchev–Trinajstić information content (AvgIpc) is 3.21. The molecule has 3 atom stereocenters. The van der Waals surface area contributed by atoms with E-state index in [-0.39, 0.29) is 19.1 Å². The van der Waals surface area contributed by atoms with Gasteiger partial charge in [0.1, 0.15) is 13.2 Å². The maximum absolute atomic E-state index is 13.0. The first kappa shape index (κ1) is 60.2. The third-order valence-electron chi connectivity index (χ3n) is 12.3. The molecule has 8 nitrogen and oxygen atoms in total. The fraction of sp³-hybridized carbons (Fsp3) is 0.942. The molecule has 0 saturated heterocycles. The van der Waals surface area contributed by atoms with Gasteiger partial charge in [-0.3, -0.25) is 13.8 Å². The maximum Gasteiger partial charge on any atom is 0.472 e. The zero-order valence-corrected chi connectivity index (χ0v) is 42.3. The fourth-order valence-corrected chi connectivity index (χ4v) is 8.78. The van der Waals surface area contributed by atoms with Crippen molar-refractivity contribution in [2.75, 3.05) is 40.9 Å². The molecule has 0 rings (SSSR count). The highest BCUT2D eigenvalue weighted by molar-refractivity contribution is 7.47. The van der Waals surface area contributed by atoms with Crippen LogP contribution >= 0.6 is 7.82 Å². The van der Waals surface area contributed by atoms with Crippen LogP contribution in [0.4, 0.5) is 0 Å². The van der Waals surface area contributed by atoms with E-state index in [0.717, 1.165) is 44.9 Å². The number of nitrogens with one attached hydrogen (secondary N) is 1. The predicted molar refractivity (Wildman–Crippen MR) is 263 cm³/mol. The number of quaternary nitrogens is 1. The molecule has 3 N–H and O–H groups in total. The monoisotopic (exact) mass is 886 g/mol. The second kappa shape index (κ2) is 44.4. The van der Waals surface area contributed by atoms with Gasteiger partial charge in [-0.2, -0.15) is 0 Å². The number of allylic oxidation sites excluding steroid dienone is 2. The summed E-state index contributed by atoms with van der Waals surface area (Å²) in [6.45, 7) is 4.90. The van der Waals surface area contributed by atoms with Gasteiger partial charge in [0.05, 0.1) is 39.9 Å². The number of hydrogen-bond donors (Lipinski definition) is 3. The Morgan fingerprint density at radius 1 is 0.541 bits per heavy atom. The second-order valence-corrected chi connectivity index (χ2v) is 21.1. The molecule has 1 amide bonds. The first-order valence-corrected chi connectivity index (χ1v) is 28.0. The Morgan fingerprint density at radius 3 is 1.26 bits per heavy atom. The van der Waals surface area contributed by atoms with Crippen LogP contribution in [-0.2, 0) is 18.4 Å². The van der Waals surface area contributed by atoms with Crippen LogP contribution in [0, 0.1) is 0 Å². The molecule has 0 radical (unpaired) electrons. The summed E-state index contributed by atoms with van der Waals surface area (Å²) in [5.41, 5.74) is 0. The SMILES string of the molecule is CCCCCCCCCCCCC/C=C/CCCC[C@@H](O)[C@H](COP(=O)(O)OCC[N+](C)(C)C)NC(=O)CCCCCCCCCCCCCCCCCCCCCCCC. The Bertz CT molecular complexity index is 1000. The smallest absolute Gasteiger partial charge is 0.391 e. The first-order valence-electron chi connectivity index (χ1n) is 26.6. The molecule has 364 valence electrons. The van der Waals surface area contributed by atoms with Crippen molar-refractivity contribution in [1.29, 1.82) is 0 Å². The zero-order chi connectivity index (χ0) is 45.0. The van der Waals surface area contributed by atoms with Crippen molar-refractivity contribution in [1.82, 2.24) is 5.32 Å². The van der Waals surface area contributed by atoms with Crippen LogP contribution in [0.15, 0.2) is 12.2 Å². The Kier molecular flexibility index (Phi) is 43.9. The summed E-state index contributed by atoms with van der Waals surface area (Å²) < 4.78 is 23.7. The van der Waals surface area contributed by atoms with Crippen LogP contribution in [0.5, 0.6) is 0 Å². The lowest BCUT2D eigenvalue weighted by atomic mass is 10.0. The summed E-state index contributed by atoms with van der Waals surface area (Å²) in [6, 6.07) is -0.772. The molecular formula is C52H106N2O6P+. The van der Waals surface area contributed by atoms with E-state index in [1.54, 1.807) is 0 Å². The lowest BCUT2D eigenvalue weighted by Gasteiger charge is -2.26. The van der Waals surface area contributed by atoms with Crippen molar-refractivity contribution < 1.29 is 32.9 Å². The molecule has 0 heterocycles. The fourth-order valence-electron chi connectivity index (χ4n) is 8.04. The van der Waals surface area contributed by atoms with E-state index in [9.17, 15) is 19.4 Å². The summed E-state index contributed by atoms with van der Waals surface area (Å²) in [7, 11) is 1.61. The molecule has 0 aliphatic carbocycles. The zero-order valence-electron chi connectivity index (χ0n) is 41.4. The summed E-state index contributed by atoms with van der Waals surface area (Å²) in [5.74, 6) is -0.148. The number of nitrogens with zero attached hydrogens (tertiary/aromatic N) is 1. The molecule has 0 aliphatic rings. The molecule has 0 aromatic carbocycles. The lowest BCUT2D eigenvalue weighted by Crippen LogP contribution is -2.46. The number of rotatable bonds is 49. The minimum Gasteiger partial charge on any atom is -0.391 e. The van der Waals surface area contributed by atoms with E-state index >= 15 is 0 Å². The average molecular weight is 886 g/mol. The molecule has 0 aliphatic heterocycles. The van der Waals surface area contributed by atoms with E-state index < -0.39 is 20.0 Å². The number of carbonyl (C=O) groups excluding carboxylic acids is 1. The van der Waals surface area contributed by atoms with Crippen molar-refractivity contribution in [3.05, 3.63) is 12.2 Å². The first-order chi connectivity index (χ1) is 29.5. The van der Waals surface area contributed by atoms with Crippen LogP contribution in [0.1, 0.15) is 264 Å². The van der Waals surface area contributed by atoms with Crippen LogP contribution in [0.2, 0.25) is 0 Å². The van der Waals surface area contributed by atoms with Gasteiger partial charge in [0.2, 0.25) is 5.91 Å². The number of hydrogen-bond acceptors (Lipinski definition) is 5. The van der Waals surface area contributed by atoms with Crippen LogP contribution in [0.3, 0.4) is 0 Å². The summed E-state index contributed by atoms with van der Waals surface area (Å²) in [6.07, 6.45) is 52.6. The standard InChI is InChI=1S/C52H105N2O6P/c1-6-8-10-12-14-16-18-20-22-24-25-26-27-28-30-32-34-36-38-40-42-44-46-52(56)53-50(49-60-61(57,58)59-48-47-54(3,4)5)51(55)45-43-41-39-37-35-33-31-29-23-21-19-17-15-13-11-9-7-2/h35,37,50-51,55H,6-34,36,38-49H2,1-5H3,(H-,53,56,57,58)/p+1/b37-35+/t50-,51+/m0/s1. The van der Waals surface area contributed by atoms with Crippen molar-refractivity contribution in [3.63, 3.8) is 0 Å². The van der Waals surface area contributed by atoms with Gasteiger partial charge in [0.25, 0.3) is 0 Å². The Morgan fingerprint density at radius 2 is 0.885 bits per heavy atom. The van der Waals surface area contributed by atoms with Gasteiger partial charge in [0.15, 0.2) is 0 Å². The van der Waals surface area contributed by atoms with Crippen LogP contribution in [0.25, 0.3) is 0 Å². The quantitative estimate of drug-likeness (QED) is 0.0243. The van der Waals surface area contributed by atoms with Gasteiger partial charge in [-0.25, -0.2) is 4.57 Å². The molecule has 0 aromatic heterocycles. The maximum atomic E-state index is 13.0. The second-order valence-electron chi connectivity index (χ2n) is 19.6. The van der Waals surface area contributed by atoms with Gasteiger partial charge < -0.3 is 19.8 Å². The Hall–Kier alpha value is -0.760. The Labute approximate surface area is 380 Å². The molecule has 9 heteroatoms. The van der Waals surface area contributed by atoms with Gasteiger partial charge in [-0.1, -0.05) is 231 Å². The number of carbonyl (C=O) groups is 1. The predicted octanol–water partition coefficient (Wildman–Crippen LogP) is 15.5. The summed E-state index contributed by atoms with van der Waals surface area (Å²) in [5, 5.41) is 14.0. The Balaban J connectivity index is 4.22. The number of aliphatic hydroxyl groups is 1. The van der Waals surface area contributed by atoms with E-state index in [2.05, 4.69) is 31.3 Å². The number of amides is 1. The number of unbranched alkanes of at least 4 members (excludes halogenated alkanes) is 34. The minimum absolute atomic E-state index is 0.0726. The van der Waals surface area contributed by atoms with E-state index in [1.165, 1.54) is 193 Å². The van der Waals surface area contributed by atoms with Crippen LogP contribution < -0.4 is 5.32 Å². The largest absolute Gasteiger partial charge is 0.472 e. The molecule has 0 spiro atoms. The molecule has 1 unspecified atom stereocenters. The molecule has 0 aromatic rings. The highest BCUT2D eigenvalue weighted by atomic mass is 31.2. The molecular weight excluding hydrogens is 780 g/mol. The van der Waals surface area contributed by atoms with Crippen LogP contribution in [-0.4, -0.2) is 73.4 Å².